The quantitative estimate of drug-likeness (QED) is 0.615. The van der Waals surface area contributed by atoms with Crippen LogP contribution >= 0.6 is 11.8 Å². The number of anilines is 1. The molecule has 6 nitrogen and oxygen atoms in total. The van der Waals surface area contributed by atoms with E-state index in [0.29, 0.717) is 12.5 Å². The minimum Gasteiger partial charge on any atom is -0.467 e. The van der Waals surface area contributed by atoms with Crippen LogP contribution in [0.3, 0.4) is 0 Å². The Morgan fingerprint density at radius 3 is 2.96 bits per heavy atom. The summed E-state index contributed by atoms with van der Waals surface area (Å²) in [7, 11) is 0. The molecule has 0 aliphatic carbocycles. The molecular formula is C19H23N5OS. The molecule has 1 atom stereocenters. The average molecular weight is 369 g/mol. The van der Waals surface area contributed by atoms with Gasteiger partial charge in [-0.2, -0.15) is 0 Å². The van der Waals surface area contributed by atoms with Crippen molar-refractivity contribution in [2.45, 2.75) is 37.2 Å². The molecule has 0 bridgehead atoms. The molecule has 0 aromatic carbocycles. The van der Waals surface area contributed by atoms with Gasteiger partial charge in [-0.1, -0.05) is 24.8 Å². The highest BCUT2D eigenvalue weighted by Gasteiger charge is 2.23. The molecule has 1 saturated heterocycles. The van der Waals surface area contributed by atoms with Gasteiger partial charge < -0.3 is 9.32 Å². The minimum atomic E-state index is 0.644. The first-order chi connectivity index (χ1) is 12.8. The van der Waals surface area contributed by atoms with Crippen LogP contribution in [0.1, 0.15) is 31.2 Å². The number of hydrogen-bond donors (Lipinski definition) is 0. The maximum absolute atomic E-state index is 5.57. The van der Waals surface area contributed by atoms with Gasteiger partial charge in [0.1, 0.15) is 5.76 Å². The highest BCUT2D eigenvalue weighted by Crippen LogP contribution is 2.28. The number of pyridine rings is 1. The van der Waals surface area contributed by atoms with Gasteiger partial charge in [0.2, 0.25) is 5.95 Å². The first-order valence-electron chi connectivity index (χ1n) is 9.03. The van der Waals surface area contributed by atoms with E-state index in [2.05, 4.69) is 31.6 Å². The Bertz CT molecular complexity index is 818. The zero-order valence-corrected chi connectivity index (χ0v) is 15.7. The van der Waals surface area contributed by atoms with Crippen LogP contribution in [0, 0.1) is 5.92 Å². The molecule has 1 unspecified atom stereocenters. The number of nitrogens with zero attached hydrogens (tertiary/aromatic N) is 5. The van der Waals surface area contributed by atoms with Crippen LogP contribution in [0.5, 0.6) is 0 Å². The zero-order valence-electron chi connectivity index (χ0n) is 14.9. The Labute approximate surface area is 157 Å². The van der Waals surface area contributed by atoms with Crippen molar-refractivity contribution in [1.82, 2.24) is 19.7 Å². The van der Waals surface area contributed by atoms with E-state index in [1.807, 2.05) is 36.5 Å². The van der Waals surface area contributed by atoms with E-state index in [0.717, 1.165) is 41.4 Å². The van der Waals surface area contributed by atoms with Crippen LogP contribution < -0.4 is 4.90 Å². The predicted octanol–water partition coefficient (Wildman–Crippen LogP) is 3.84. The van der Waals surface area contributed by atoms with Gasteiger partial charge in [0, 0.05) is 25.0 Å². The van der Waals surface area contributed by atoms with Crippen LogP contribution in [-0.2, 0) is 12.3 Å². The Hall–Kier alpha value is -2.28. The van der Waals surface area contributed by atoms with Gasteiger partial charge in [-0.3, -0.25) is 9.55 Å². The van der Waals surface area contributed by atoms with Crippen molar-refractivity contribution in [3.8, 4) is 0 Å². The fourth-order valence-corrected chi connectivity index (χ4v) is 4.16. The normalized spacial score (nSPS) is 17.6. The van der Waals surface area contributed by atoms with Gasteiger partial charge in [-0.25, -0.2) is 0 Å². The zero-order chi connectivity index (χ0) is 17.8. The van der Waals surface area contributed by atoms with E-state index in [9.17, 15) is 0 Å². The lowest BCUT2D eigenvalue weighted by atomic mass is 10.0. The van der Waals surface area contributed by atoms with Gasteiger partial charge in [0.25, 0.3) is 0 Å². The molecule has 1 aliphatic heterocycles. The van der Waals surface area contributed by atoms with Gasteiger partial charge in [-0.15, -0.1) is 10.2 Å². The molecule has 0 N–H and O–H groups in total. The maximum Gasteiger partial charge on any atom is 0.228 e. The fourth-order valence-electron chi connectivity index (χ4n) is 3.31. The number of aromatic nitrogens is 4. The SMILES string of the molecule is CC1CCCN(c2nnc(SCc3ccccn3)n2Cc2ccco2)C1. The van der Waals surface area contributed by atoms with Crippen molar-refractivity contribution >= 4 is 17.7 Å². The van der Waals surface area contributed by atoms with Crippen LogP contribution in [0.25, 0.3) is 0 Å². The Kier molecular flexibility index (Phi) is 5.24. The van der Waals surface area contributed by atoms with Gasteiger partial charge in [-0.05, 0) is 43.0 Å². The summed E-state index contributed by atoms with van der Waals surface area (Å²) in [6, 6.07) is 9.90. The third-order valence-electron chi connectivity index (χ3n) is 4.61. The highest BCUT2D eigenvalue weighted by molar-refractivity contribution is 7.98. The summed E-state index contributed by atoms with van der Waals surface area (Å²) < 4.78 is 7.74. The number of furan rings is 1. The van der Waals surface area contributed by atoms with Crippen LogP contribution in [0.2, 0.25) is 0 Å². The fraction of sp³-hybridized carbons (Fsp3) is 0.421. The molecule has 1 aliphatic rings. The summed E-state index contributed by atoms with van der Waals surface area (Å²) in [5.74, 6) is 3.31. The van der Waals surface area contributed by atoms with Gasteiger partial charge in [0.05, 0.1) is 18.5 Å². The first-order valence-corrected chi connectivity index (χ1v) is 10.0. The Balaban J connectivity index is 1.58. The lowest BCUT2D eigenvalue weighted by Gasteiger charge is -2.31. The van der Waals surface area contributed by atoms with E-state index in [1.54, 1.807) is 18.0 Å². The Morgan fingerprint density at radius 1 is 1.23 bits per heavy atom. The van der Waals surface area contributed by atoms with E-state index in [4.69, 9.17) is 4.42 Å². The number of hydrogen-bond acceptors (Lipinski definition) is 6. The van der Waals surface area contributed by atoms with E-state index < -0.39 is 0 Å². The lowest BCUT2D eigenvalue weighted by molar-refractivity contribution is 0.432. The molecule has 4 heterocycles. The summed E-state index contributed by atoms with van der Waals surface area (Å²) >= 11 is 1.67. The van der Waals surface area contributed by atoms with Crippen molar-refractivity contribution in [1.29, 1.82) is 0 Å². The summed E-state index contributed by atoms with van der Waals surface area (Å²) in [4.78, 5) is 6.75. The van der Waals surface area contributed by atoms with Crippen LogP contribution in [0.4, 0.5) is 5.95 Å². The van der Waals surface area contributed by atoms with Gasteiger partial charge in [0.15, 0.2) is 5.16 Å². The molecule has 4 rings (SSSR count). The summed E-state index contributed by atoms with van der Waals surface area (Å²) in [6.07, 6.45) is 6.02. The highest BCUT2D eigenvalue weighted by atomic mass is 32.2. The topological polar surface area (TPSA) is 60.0 Å². The maximum atomic E-state index is 5.57. The molecule has 7 heteroatoms. The standard InChI is InChI=1S/C19H23N5OS/c1-15-6-4-10-23(12-15)18-21-22-19(24(18)13-17-8-5-11-25-17)26-14-16-7-2-3-9-20-16/h2-3,5,7-9,11,15H,4,6,10,12-14H2,1H3. The molecular weight excluding hydrogens is 346 g/mol. The molecule has 3 aromatic heterocycles. The molecule has 26 heavy (non-hydrogen) atoms. The third-order valence-corrected chi connectivity index (χ3v) is 5.61. The monoisotopic (exact) mass is 369 g/mol. The van der Waals surface area contributed by atoms with Crippen molar-refractivity contribution in [2.24, 2.45) is 5.92 Å². The smallest absolute Gasteiger partial charge is 0.228 e. The molecule has 0 radical (unpaired) electrons. The van der Waals surface area contributed by atoms with E-state index in [-0.39, 0.29) is 0 Å². The number of piperidine rings is 1. The first kappa shape index (κ1) is 17.1. The van der Waals surface area contributed by atoms with Gasteiger partial charge >= 0.3 is 0 Å². The second kappa shape index (κ2) is 7.95. The summed E-state index contributed by atoms with van der Waals surface area (Å²) in [6.45, 7) is 5.01. The number of thioether (sulfide) groups is 1. The third kappa shape index (κ3) is 3.93. The molecule has 1 fully saturated rings. The molecule has 0 spiro atoms. The summed E-state index contributed by atoms with van der Waals surface area (Å²) in [5, 5.41) is 9.90. The molecule has 0 amide bonds. The van der Waals surface area contributed by atoms with Crippen LogP contribution in [-0.4, -0.2) is 32.8 Å². The summed E-state index contributed by atoms with van der Waals surface area (Å²) in [5.41, 5.74) is 1.04. The predicted molar refractivity (Wildman–Crippen MR) is 102 cm³/mol. The largest absolute Gasteiger partial charge is 0.467 e. The molecule has 136 valence electrons. The van der Waals surface area contributed by atoms with Crippen molar-refractivity contribution < 1.29 is 4.42 Å². The van der Waals surface area contributed by atoms with Crippen molar-refractivity contribution in [3.63, 3.8) is 0 Å². The van der Waals surface area contributed by atoms with Crippen molar-refractivity contribution in [2.75, 3.05) is 18.0 Å². The average Bonchev–Trinajstić information content (AvgIpc) is 3.31. The molecule has 0 saturated carbocycles. The van der Waals surface area contributed by atoms with Crippen molar-refractivity contribution in [3.05, 3.63) is 54.2 Å². The van der Waals surface area contributed by atoms with E-state index in [1.165, 1.54) is 12.8 Å². The Morgan fingerprint density at radius 2 is 2.19 bits per heavy atom. The minimum absolute atomic E-state index is 0.644. The second-order valence-corrected chi connectivity index (χ2v) is 7.69. The van der Waals surface area contributed by atoms with E-state index >= 15 is 0 Å². The number of rotatable bonds is 6. The lowest BCUT2D eigenvalue weighted by Crippen LogP contribution is -2.36. The van der Waals surface area contributed by atoms with Crippen LogP contribution in [0.15, 0.2) is 52.4 Å². The second-order valence-electron chi connectivity index (χ2n) is 6.75. The molecule has 3 aromatic rings.